The maximum atomic E-state index is 12.1. The highest BCUT2D eigenvalue weighted by Crippen LogP contribution is 2.22. The van der Waals surface area contributed by atoms with Gasteiger partial charge in [0, 0.05) is 44.7 Å². The molecule has 1 aromatic heterocycles. The van der Waals surface area contributed by atoms with Crippen LogP contribution in [0.4, 0.5) is 5.69 Å². The fourth-order valence-electron chi connectivity index (χ4n) is 2.71. The van der Waals surface area contributed by atoms with Gasteiger partial charge in [-0.25, -0.2) is 0 Å². The first kappa shape index (κ1) is 17.8. The molecule has 0 aliphatic rings. The molecule has 0 atom stereocenters. The van der Waals surface area contributed by atoms with Gasteiger partial charge in [0.2, 0.25) is 5.91 Å². The molecule has 0 radical (unpaired) electrons. The third-order valence-corrected chi connectivity index (χ3v) is 4.26. The molecule has 0 aliphatic carbocycles. The van der Waals surface area contributed by atoms with E-state index < -0.39 is 0 Å². The molecule has 0 aliphatic heterocycles. The van der Waals surface area contributed by atoms with Gasteiger partial charge in [0.1, 0.15) is 11.5 Å². The zero-order valence-electron chi connectivity index (χ0n) is 15.2. The summed E-state index contributed by atoms with van der Waals surface area (Å²) in [5, 5.41) is 2.96. The fourth-order valence-corrected chi connectivity index (χ4v) is 2.71. The number of hydrogen-bond donors (Lipinski definition) is 1. The van der Waals surface area contributed by atoms with Gasteiger partial charge in [-0.3, -0.25) is 4.79 Å². The Morgan fingerprint density at radius 3 is 2.38 bits per heavy atom. The van der Waals surface area contributed by atoms with Crippen molar-refractivity contribution in [2.75, 3.05) is 19.0 Å². The van der Waals surface area contributed by atoms with Crippen molar-refractivity contribution in [2.45, 2.75) is 19.4 Å². The second-order valence-electron chi connectivity index (χ2n) is 6.47. The lowest BCUT2D eigenvalue weighted by Gasteiger charge is -2.12. The maximum absolute atomic E-state index is 12.1. The Bertz CT molecular complexity index is 836. The van der Waals surface area contributed by atoms with Crippen LogP contribution in [0.25, 0.3) is 11.3 Å². The minimum absolute atomic E-state index is 0.0272. The number of nitrogens with one attached hydrogen (secondary N) is 1. The molecule has 2 aromatic carbocycles. The highest BCUT2D eigenvalue weighted by atomic mass is 16.3. The summed E-state index contributed by atoms with van der Waals surface area (Å²) in [5.74, 6) is 1.69. The van der Waals surface area contributed by atoms with Gasteiger partial charge in [0.05, 0.1) is 0 Å². The second-order valence-corrected chi connectivity index (χ2v) is 6.47. The van der Waals surface area contributed by atoms with Crippen LogP contribution in [0.3, 0.4) is 0 Å². The number of carbonyl (C=O) groups is 1. The third kappa shape index (κ3) is 4.76. The van der Waals surface area contributed by atoms with Crippen LogP contribution in [0.1, 0.15) is 17.7 Å². The molecule has 0 saturated carbocycles. The zero-order chi connectivity index (χ0) is 18.4. The number of rotatable bonds is 7. The van der Waals surface area contributed by atoms with Gasteiger partial charge in [0.15, 0.2) is 0 Å². The average molecular weight is 348 g/mol. The first-order valence-corrected chi connectivity index (χ1v) is 8.79. The second kappa shape index (κ2) is 8.39. The number of benzene rings is 2. The average Bonchev–Trinajstić information content (AvgIpc) is 3.15. The monoisotopic (exact) mass is 348 g/mol. The summed E-state index contributed by atoms with van der Waals surface area (Å²) in [6, 6.07) is 22.0. The molecule has 0 fully saturated rings. The lowest BCUT2D eigenvalue weighted by atomic mass is 10.2. The number of hydrogen-bond acceptors (Lipinski definition) is 3. The topological polar surface area (TPSA) is 45.5 Å². The van der Waals surface area contributed by atoms with E-state index in [4.69, 9.17) is 4.42 Å². The molecule has 0 bridgehead atoms. The number of amides is 1. The van der Waals surface area contributed by atoms with Crippen molar-refractivity contribution in [3.63, 3.8) is 0 Å². The molecular formula is C22H24N2O2. The van der Waals surface area contributed by atoms with E-state index in [2.05, 4.69) is 22.3 Å². The van der Waals surface area contributed by atoms with Crippen LogP contribution in [-0.2, 0) is 17.8 Å². The van der Waals surface area contributed by atoms with Crippen molar-refractivity contribution in [1.29, 1.82) is 0 Å². The van der Waals surface area contributed by atoms with Crippen molar-refractivity contribution in [1.82, 2.24) is 5.32 Å². The minimum Gasteiger partial charge on any atom is -0.461 e. The van der Waals surface area contributed by atoms with Crippen LogP contribution in [-0.4, -0.2) is 20.0 Å². The van der Waals surface area contributed by atoms with Crippen molar-refractivity contribution in [2.24, 2.45) is 0 Å². The normalized spacial score (nSPS) is 10.5. The molecule has 1 heterocycles. The van der Waals surface area contributed by atoms with Gasteiger partial charge in [-0.1, -0.05) is 42.5 Å². The van der Waals surface area contributed by atoms with Crippen LogP contribution < -0.4 is 10.2 Å². The first-order chi connectivity index (χ1) is 12.6. The Morgan fingerprint density at radius 1 is 0.962 bits per heavy atom. The Kier molecular flexibility index (Phi) is 5.74. The largest absolute Gasteiger partial charge is 0.461 e. The predicted octanol–water partition coefficient (Wildman–Crippen LogP) is 4.26. The molecule has 3 aromatic rings. The van der Waals surface area contributed by atoms with E-state index >= 15 is 0 Å². The summed E-state index contributed by atoms with van der Waals surface area (Å²) < 4.78 is 5.83. The van der Waals surface area contributed by atoms with E-state index in [0.717, 1.165) is 28.3 Å². The summed E-state index contributed by atoms with van der Waals surface area (Å²) in [6.07, 6.45) is 1.01. The minimum atomic E-state index is 0.0272. The van der Waals surface area contributed by atoms with Gasteiger partial charge in [-0.15, -0.1) is 0 Å². The summed E-state index contributed by atoms with van der Waals surface area (Å²) in [4.78, 5) is 14.1. The van der Waals surface area contributed by atoms with Crippen LogP contribution in [0.15, 0.2) is 71.1 Å². The van der Waals surface area contributed by atoms with Crippen molar-refractivity contribution < 1.29 is 9.21 Å². The Hall–Kier alpha value is -3.01. The summed E-state index contributed by atoms with van der Waals surface area (Å²) in [5.41, 5.74) is 3.28. The molecule has 4 heteroatoms. The van der Waals surface area contributed by atoms with Gasteiger partial charge in [0.25, 0.3) is 0 Å². The van der Waals surface area contributed by atoms with E-state index in [-0.39, 0.29) is 5.91 Å². The molecule has 0 spiro atoms. The Morgan fingerprint density at radius 2 is 1.69 bits per heavy atom. The fraction of sp³-hybridized carbons (Fsp3) is 0.227. The molecule has 3 rings (SSSR count). The number of carbonyl (C=O) groups excluding carboxylic acids is 1. The molecular weight excluding hydrogens is 324 g/mol. The van der Waals surface area contributed by atoms with E-state index in [1.165, 1.54) is 0 Å². The number of aryl methyl sites for hydroxylation is 1. The van der Waals surface area contributed by atoms with Crippen LogP contribution in [0.5, 0.6) is 0 Å². The molecule has 1 amide bonds. The zero-order valence-corrected chi connectivity index (χ0v) is 15.2. The molecule has 26 heavy (non-hydrogen) atoms. The maximum Gasteiger partial charge on any atom is 0.220 e. The third-order valence-electron chi connectivity index (χ3n) is 4.26. The van der Waals surface area contributed by atoms with Crippen molar-refractivity contribution >= 4 is 11.6 Å². The molecule has 4 nitrogen and oxygen atoms in total. The van der Waals surface area contributed by atoms with Gasteiger partial charge in [-0.05, 0) is 29.8 Å². The van der Waals surface area contributed by atoms with E-state index in [1.54, 1.807) is 0 Å². The van der Waals surface area contributed by atoms with Gasteiger partial charge < -0.3 is 14.6 Å². The standard InChI is InChI=1S/C22H24N2O2/c1-24(2)19-10-8-17(9-11-19)16-23-22(25)15-13-20-12-14-21(26-20)18-6-4-3-5-7-18/h3-12,14H,13,15-16H2,1-2H3,(H,23,25). The summed E-state index contributed by atoms with van der Waals surface area (Å²) in [6.45, 7) is 0.542. The van der Waals surface area contributed by atoms with E-state index in [1.807, 2.05) is 68.7 Å². The summed E-state index contributed by atoms with van der Waals surface area (Å²) >= 11 is 0. The molecule has 0 saturated heterocycles. The predicted molar refractivity (Wildman–Crippen MR) is 105 cm³/mol. The van der Waals surface area contributed by atoms with Gasteiger partial charge in [-0.2, -0.15) is 0 Å². The lowest BCUT2D eigenvalue weighted by Crippen LogP contribution is -2.23. The van der Waals surface area contributed by atoms with Crippen molar-refractivity contribution in [3.05, 3.63) is 78.1 Å². The molecule has 0 unspecified atom stereocenters. The van der Waals surface area contributed by atoms with Crippen LogP contribution in [0, 0.1) is 0 Å². The van der Waals surface area contributed by atoms with Crippen molar-refractivity contribution in [3.8, 4) is 11.3 Å². The highest BCUT2D eigenvalue weighted by molar-refractivity contribution is 5.76. The smallest absolute Gasteiger partial charge is 0.220 e. The molecule has 134 valence electrons. The Labute approximate surface area is 154 Å². The number of nitrogens with zero attached hydrogens (tertiary/aromatic N) is 1. The Balaban J connectivity index is 1.46. The summed E-state index contributed by atoms with van der Waals surface area (Å²) in [7, 11) is 4.02. The SMILES string of the molecule is CN(C)c1ccc(CNC(=O)CCc2ccc(-c3ccccc3)o2)cc1. The number of furan rings is 1. The van der Waals surface area contributed by atoms with Crippen LogP contribution in [0.2, 0.25) is 0 Å². The quantitative estimate of drug-likeness (QED) is 0.694. The lowest BCUT2D eigenvalue weighted by molar-refractivity contribution is -0.121. The molecule has 1 N–H and O–H groups in total. The van der Waals surface area contributed by atoms with Gasteiger partial charge >= 0.3 is 0 Å². The number of anilines is 1. The van der Waals surface area contributed by atoms with E-state index in [0.29, 0.717) is 19.4 Å². The highest BCUT2D eigenvalue weighted by Gasteiger charge is 2.07. The van der Waals surface area contributed by atoms with Crippen LogP contribution >= 0.6 is 0 Å². The van der Waals surface area contributed by atoms with E-state index in [9.17, 15) is 4.79 Å². The first-order valence-electron chi connectivity index (χ1n) is 8.79.